The van der Waals surface area contributed by atoms with Gasteiger partial charge in [0.2, 0.25) is 0 Å². The molecule has 106 valence electrons. The Morgan fingerprint density at radius 2 is 1.48 bits per heavy atom. The van der Waals surface area contributed by atoms with Gasteiger partial charge in [0.05, 0.1) is 16.6 Å². The summed E-state index contributed by atoms with van der Waals surface area (Å²) in [6, 6.07) is 22.1. The van der Waals surface area contributed by atoms with Crippen LogP contribution in [-0.4, -0.2) is 4.21 Å². The average Bonchev–Trinajstić information content (AvgIpc) is 2.55. The van der Waals surface area contributed by atoms with E-state index in [4.69, 9.17) is 5.73 Å². The van der Waals surface area contributed by atoms with E-state index in [1.54, 1.807) is 0 Å². The van der Waals surface area contributed by atoms with E-state index in [1.165, 1.54) is 5.39 Å². The highest BCUT2D eigenvalue weighted by Crippen LogP contribution is 2.20. The van der Waals surface area contributed by atoms with Crippen molar-refractivity contribution in [3.8, 4) is 0 Å². The van der Waals surface area contributed by atoms with Crippen LogP contribution < -0.4 is 5.73 Å². The summed E-state index contributed by atoms with van der Waals surface area (Å²) in [7, 11) is -1.03. The van der Waals surface area contributed by atoms with Crippen molar-refractivity contribution in [3.63, 3.8) is 0 Å². The molecule has 3 heteroatoms. The highest BCUT2D eigenvalue weighted by molar-refractivity contribution is 7.84. The lowest BCUT2D eigenvalue weighted by Crippen LogP contribution is -1.99. The van der Waals surface area contributed by atoms with Gasteiger partial charge in [0.25, 0.3) is 0 Å². The first-order valence-electron chi connectivity index (χ1n) is 6.91. The van der Waals surface area contributed by atoms with Crippen LogP contribution in [0.25, 0.3) is 10.8 Å². The summed E-state index contributed by atoms with van der Waals surface area (Å²) < 4.78 is 12.5. The fourth-order valence-electron chi connectivity index (χ4n) is 2.32. The third kappa shape index (κ3) is 3.20. The molecule has 0 aliphatic heterocycles. The van der Waals surface area contributed by atoms with E-state index in [-0.39, 0.29) is 0 Å². The number of hydrogen-bond acceptors (Lipinski definition) is 2. The monoisotopic (exact) mass is 295 g/mol. The van der Waals surface area contributed by atoms with E-state index >= 15 is 0 Å². The Labute approximate surface area is 127 Å². The molecule has 0 aliphatic carbocycles. The van der Waals surface area contributed by atoms with Crippen LogP contribution in [-0.2, 0) is 23.1 Å². The zero-order chi connectivity index (χ0) is 14.7. The van der Waals surface area contributed by atoms with Crippen LogP contribution in [0.15, 0.2) is 71.6 Å². The summed E-state index contributed by atoms with van der Waals surface area (Å²) in [4.78, 5) is 0.872. The Balaban J connectivity index is 1.82. The molecule has 0 saturated heterocycles. The molecule has 0 aromatic heterocycles. The maximum atomic E-state index is 12.5. The van der Waals surface area contributed by atoms with Crippen molar-refractivity contribution in [1.29, 1.82) is 0 Å². The molecule has 0 heterocycles. The molecule has 0 aliphatic rings. The van der Waals surface area contributed by atoms with Crippen LogP contribution in [0.1, 0.15) is 11.1 Å². The van der Waals surface area contributed by atoms with Crippen molar-refractivity contribution < 1.29 is 4.21 Å². The van der Waals surface area contributed by atoms with Gasteiger partial charge in [-0.3, -0.25) is 4.21 Å². The second-order valence-electron chi connectivity index (χ2n) is 5.02. The van der Waals surface area contributed by atoms with Crippen LogP contribution in [0.2, 0.25) is 0 Å². The Kier molecular flexibility index (Phi) is 4.13. The Morgan fingerprint density at radius 1 is 0.810 bits per heavy atom. The molecule has 0 bridgehead atoms. The smallest absolute Gasteiger partial charge is 0.0574 e. The number of hydrogen-bond donors (Lipinski definition) is 1. The quantitative estimate of drug-likeness (QED) is 0.799. The third-order valence-corrected chi connectivity index (χ3v) is 4.92. The summed E-state index contributed by atoms with van der Waals surface area (Å²) in [5.41, 5.74) is 7.75. The largest absolute Gasteiger partial charge is 0.326 e. The van der Waals surface area contributed by atoms with Crippen molar-refractivity contribution >= 4 is 21.6 Å². The average molecular weight is 295 g/mol. The normalized spacial score (nSPS) is 12.4. The first-order valence-corrected chi connectivity index (χ1v) is 8.23. The molecule has 3 aromatic rings. The first-order chi connectivity index (χ1) is 10.3. The van der Waals surface area contributed by atoms with E-state index in [0.29, 0.717) is 12.3 Å². The molecule has 0 spiro atoms. The fourth-order valence-corrected chi connectivity index (χ4v) is 3.46. The van der Waals surface area contributed by atoms with Gasteiger partial charge in [-0.2, -0.15) is 0 Å². The summed E-state index contributed by atoms with van der Waals surface area (Å²) in [6.07, 6.45) is 0. The molecule has 0 amide bonds. The molecule has 21 heavy (non-hydrogen) atoms. The van der Waals surface area contributed by atoms with Crippen LogP contribution in [0, 0.1) is 0 Å². The predicted molar refractivity (Wildman–Crippen MR) is 88.4 cm³/mol. The lowest BCUT2D eigenvalue weighted by Gasteiger charge is -2.05. The van der Waals surface area contributed by atoms with Crippen LogP contribution in [0.3, 0.4) is 0 Å². The SMILES string of the molecule is NCc1ccc(CS(=O)c2ccc3ccccc3c2)cc1. The molecular weight excluding hydrogens is 278 g/mol. The maximum absolute atomic E-state index is 12.5. The maximum Gasteiger partial charge on any atom is 0.0574 e. The molecule has 1 atom stereocenters. The molecule has 1 unspecified atom stereocenters. The third-order valence-electron chi connectivity index (χ3n) is 3.54. The summed E-state index contributed by atoms with van der Waals surface area (Å²) in [6.45, 7) is 0.536. The van der Waals surface area contributed by atoms with E-state index in [1.807, 2.05) is 60.7 Å². The van der Waals surface area contributed by atoms with Crippen molar-refractivity contribution in [2.24, 2.45) is 5.73 Å². The number of nitrogens with two attached hydrogens (primary N) is 1. The van der Waals surface area contributed by atoms with E-state index < -0.39 is 10.8 Å². The highest BCUT2D eigenvalue weighted by atomic mass is 32.2. The number of benzene rings is 3. The number of rotatable bonds is 4. The van der Waals surface area contributed by atoms with Gasteiger partial charge >= 0.3 is 0 Å². The molecule has 0 radical (unpaired) electrons. The van der Waals surface area contributed by atoms with Crippen LogP contribution in [0.4, 0.5) is 0 Å². The minimum Gasteiger partial charge on any atom is -0.326 e. The van der Waals surface area contributed by atoms with Crippen molar-refractivity contribution in [3.05, 3.63) is 77.9 Å². The summed E-state index contributed by atoms with van der Waals surface area (Å²) in [5, 5.41) is 2.30. The molecular formula is C18H17NOS. The minimum atomic E-state index is -1.03. The number of fused-ring (bicyclic) bond motifs is 1. The molecule has 3 rings (SSSR count). The zero-order valence-corrected chi connectivity index (χ0v) is 12.5. The predicted octanol–water partition coefficient (Wildman–Crippen LogP) is 3.61. The molecule has 2 nitrogen and oxygen atoms in total. The Morgan fingerprint density at radius 3 is 2.19 bits per heavy atom. The van der Waals surface area contributed by atoms with Crippen LogP contribution in [0.5, 0.6) is 0 Å². The zero-order valence-electron chi connectivity index (χ0n) is 11.7. The standard InChI is InChI=1S/C18H17NOS/c19-12-14-5-7-15(8-6-14)13-21(20)18-10-9-16-3-1-2-4-17(16)11-18/h1-11H,12-13,19H2. The van der Waals surface area contributed by atoms with Gasteiger partial charge in [0.1, 0.15) is 0 Å². The van der Waals surface area contributed by atoms with Gasteiger partial charge in [0.15, 0.2) is 0 Å². The van der Waals surface area contributed by atoms with Gasteiger partial charge < -0.3 is 5.73 Å². The van der Waals surface area contributed by atoms with Gasteiger partial charge in [-0.05, 0) is 34.0 Å². The highest BCUT2D eigenvalue weighted by Gasteiger charge is 2.06. The van der Waals surface area contributed by atoms with Gasteiger partial charge in [-0.1, -0.05) is 54.6 Å². The van der Waals surface area contributed by atoms with E-state index in [0.717, 1.165) is 21.4 Å². The lowest BCUT2D eigenvalue weighted by atomic mass is 10.1. The van der Waals surface area contributed by atoms with Gasteiger partial charge in [0, 0.05) is 11.4 Å². The molecule has 0 fully saturated rings. The van der Waals surface area contributed by atoms with Crippen molar-refractivity contribution in [1.82, 2.24) is 0 Å². The minimum absolute atomic E-state index is 0.531. The summed E-state index contributed by atoms with van der Waals surface area (Å²) >= 11 is 0. The van der Waals surface area contributed by atoms with Gasteiger partial charge in [-0.25, -0.2) is 0 Å². The fraction of sp³-hybridized carbons (Fsp3) is 0.111. The first kappa shape index (κ1) is 14.0. The lowest BCUT2D eigenvalue weighted by molar-refractivity contribution is 0.682. The van der Waals surface area contributed by atoms with E-state index in [9.17, 15) is 4.21 Å². The topological polar surface area (TPSA) is 43.1 Å². The van der Waals surface area contributed by atoms with Gasteiger partial charge in [-0.15, -0.1) is 0 Å². The summed E-state index contributed by atoms with van der Waals surface area (Å²) in [5.74, 6) is 0.531. The Bertz CT molecular complexity index is 781. The molecule has 2 N–H and O–H groups in total. The second kappa shape index (κ2) is 6.20. The molecule has 3 aromatic carbocycles. The second-order valence-corrected chi connectivity index (χ2v) is 6.47. The van der Waals surface area contributed by atoms with Crippen LogP contribution >= 0.6 is 0 Å². The van der Waals surface area contributed by atoms with E-state index in [2.05, 4.69) is 6.07 Å². The van der Waals surface area contributed by atoms with Crippen molar-refractivity contribution in [2.75, 3.05) is 0 Å². The van der Waals surface area contributed by atoms with Crippen molar-refractivity contribution in [2.45, 2.75) is 17.2 Å². The molecule has 0 saturated carbocycles. The Hall–Kier alpha value is -1.97.